The smallest absolute Gasteiger partial charge is 0.242 e. The van der Waals surface area contributed by atoms with Crippen LogP contribution in [-0.4, -0.2) is 25.2 Å². The largest absolute Gasteiger partial charge is 0.494 e. The molecule has 25 heavy (non-hydrogen) atoms. The first kappa shape index (κ1) is 17.4. The number of hydrogen-bond acceptors (Lipinski definition) is 6. The molecule has 0 spiro atoms. The molecule has 1 heterocycles. The minimum absolute atomic E-state index is 0.0267. The first-order valence-electron chi connectivity index (χ1n) is 7.52. The van der Waals surface area contributed by atoms with Crippen molar-refractivity contribution >= 4 is 21.4 Å². The zero-order valence-corrected chi connectivity index (χ0v) is 14.9. The molecule has 0 N–H and O–H groups in total. The van der Waals surface area contributed by atoms with Crippen LogP contribution in [0.3, 0.4) is 0 Å². The van der Waals surface area contributed by atoms with E-state index in [-0.39, 0.29) is 16.5 Å². The summed E-state index contributed by atoms with van der Waals surface area (Å²) >= 11 is 5.78. The fraction of sp³-hybridized carbons (Fsp3) is 0.176. The van der Waals surface area contributed by atoms with Gasteiger partial charge in [0.2, 0.25) is 11.7 Å². The maximum atomic E-state index is 12.4. The fourth-order valence-corrected chi connectivity index (χ4v) is 3.47. The normalized spacial score (nSPS) is 11.4. The number of halogens is 1. The molecule has 0 aliphatic rings. The van der Waals surface area contributed by atoms with Crippen LogP contribution < -0.4 is 4.74 Å². The molecule has 0 aliphatic carbocycles. The lowest BCUT2D eigenvalue weighted by Crippen LogP contribution is -2.05. The van der Waals surface area contributed by atoms with Crippen LogP contribution >= 0.6 is 11.6 Å². The summed E-state index contributed by atoms with van der Waals surface area (Å²) in [5.41, 5.74) is 0.711. The lowest BCUT2D eigenvalue weighted by molar-refractivity contribution is 0.340. The molecule has 1 aromatic heterocycles. The average molecular weight is 379 g/mol. The number of ether oxygens (including phenoxy) is 1. The van der Waals surface area contributed by atoms with Gasteiger partial charge in [0.1, 0.15) is 11.5 Å². The molecule has 6 nitrogen and oxygen atoms in total. The van der Waals surface area contributed by atoms with Gasteiger partial charge in [-0.1, -0.05) is 16.8 Å². The summed E-state index contributed by atoms with van der Waals surface area (Å²) in [4.78, 5) is 4.31. The van der Waals surface area contributed by atoms with E-state index in [0.717, 1.165) is 5.75 Å². The SMILES string of the molecule is CCOc1ccc(-c2noc(CS(=O)(=O)c3ccc(Cl)cc3)n2)cc1. The maximum Gasteiger partial charge on any atom is 0.242 e. The van der Waals surface area contributed by atoms with E-state index >= 15 is 0 Å². The highest BCUT2D eigenvalue weighted by molar-refractivity contribution is 7.90. The summed E-state index contributed by atoms with van der Waals surface area (Å²) < 4.78 is 35.2. The Balaban J connectivity index is 1.78. The summed E-state index contributed by atoms with van der Waals surface area (Å²) in [6, 6.07) is 13.1. The van der Waals surface area contributed by atoms with Crippen molar-refractivity contribution in [1.82, 2.24) is 10.1 Å². The molecule has 0 saturated carbocycles. The minimum atomic E-state index is -3.59. The fourth-order valence-electron chi connectivity index (χ4n) is 2.19. The standard InChI is InChI=1S/C17H15ClN2O4S/c1-2-23-14-7-3-12(4-8-14)17-19-16(24-20-17)11-25(21,22)15-9-5-13(18)6-10-15/h3-10H,2,11H2,1H3. The lowest BCUT2D eigenvalue weighted by atomic mass is 10.2. The van der Waals surface area contributed by atoms with Gasteiger partial charge >= 0.3 is 0 Å². The van der Waals surface area contributed by atoms with Crippen molar-refractivity contribution in [3.05, 3.63) is 59.4 Å². The van der Waals surface area contributed by atoms with Crippen LogP contribution in [0.5, 0.6) is 5.75 Å². The topological polar surface area (TPSA) is 82.3 Å². The molecule has 130 valence electrons. The van der Waals surface area contributed by atoms with Gasteiger partial charge in [0.15, 0.2) is 9.84 Å². The Kier molecular flexibility index (Phi) is 5.06. The van der Waals surface area contributed by atoms with Crippen molar-refractivity contribution in [1.29, 1.82) is 0 Å². The molecule has 3 rings (SSSR count). The number of aromatic nitrogens is 2. The number of hydrogen-bond donors (Lipinski definition) is 0. The van der Waals surface area contributed by atoms with Gasteiger partial charge in [0.25, 0.3) is 0 Å². The van der Waals surface area contributed by atoms with Crippen LogP contribution in [0, 0.1) is 0 Å². The molecular weight excluding hydrogens is 364 g/mol. The second kappa shape index (κ2) is 7.25. The highest BCUT2D eigenvalue weighted by Gasteiger charge is 2.20. The average Bonchev–Trinajstić information content (AvgIpc) is 3.04. The van der Waals surface area contributed by atoms with Crippen LogP contribution in [0.4, 0.5) is 0 Å². The van der Waals surface area contributed by atoms with Crippen LogP contribution in [-0.2, 0) is 15.6 Å². The molecule has 0 radical (unpaired) electrons. The van der Waals surface area contributed by atoms with E-state index < -0.39 is 9.84 Å². The second-order valence-corrected chi connectivity index (χ2v) is 7.61. The Morgan fingerprint density at radius 2 is 1.76 bits per heavy atom. The van der Waals surface area contributed by atoms with Crippen molar-refractivity contribution in [3.63, 3.8) is 0 Å². The summed E-state index contributed by atoms with van der Waals surface area (Å²) in [5.74, 6) is 0.710. The van der Waals surface area contributed by atoms with Crippen LogP contribution in [0.25, 0.3) is 11.4 Å². The van der Waals surface area contributed by atoms with Gasteiger partial charge in [-0.15, -0.1) is 0 Å². The predicted molar refractivity (Wildman–Crippen MR) is 93.2 cm³/mol. The first-order valence-corrected chi connectivity index (χ1v) is 9.55. The number of nitrogens with zero attached hydrogens (tertiary/aromatic N) is 2. The molecular formula is C17H15ClN2O4S. The molecule has 0 atom stereocenters. The molecule has 0 unspecified atom stereocenters. The summed E-state index contributed by atoms with van der Waals surface area (Å²) in [6.45, 7) is 2.48. The number of benzene rings is 2. The van der Waals surface area contributed by atoms with Crippen LogP contribution in [0.2, 0.25) is 5.02 Å². The Labute approximate surface area is 150 Å². The predicted octanol–water partition coefficient (Wildman–Crippen LogP) is 3.76. The van der Waals surface area contributed by atoms with Crippen LogP contribution in [0.15, 0.2) is 57.9 Å². The van der Waals surface area contributed by atoms with E-state index in [2.05, 4.69) is 10.1 Å². The molecule has 0 fully saturated rings. The Morgan fingerprint density at radius 1 is 1.08 bits per heavy atom. The zero-order valence-electron chi connectivity index (χ0n) is 13.3. The van der Waals surface area contributed by atoms with Gasteiger partial charge in [-0.2, -0.15) is 4.98 Å². The molecule has 0 saturated heterocycles. The molecule has 0 amide bonds. The summed E-state index contributed by atoms with van der Waals surface area (Å²) in [7, 11) is -3.59. The number of rotatable bonds is 6. The molecule has 3 aromatic rings. The monoisotopic (exact) mass is 378 g/mol. The summed E-state index contributed by atoms with van der Waals surface area (Å²) in [5, 5.41) is 4.31. The summed E-state index contributed by atoms with van der Waals surface area (Å²) in [6.07, 6.45) is 0. The van der Waals surface area contributed by atoms with Crippen molar-refractivity contribution in [2.45, 2.75) is 17.6 Å². The maximum absolute atomic E-state index is 12.4. The van der Waals surface area contributed by atoms with Gasteiger partial charge in [-0.05, 0) is 55.5 Å². The third-order valence-corrected chi connectivity index (χ3v) is 5.25. The third kappa shape index (κ3) is 4.18. The van der Waals surface area contributed by atoms with E-state index in [1.807, 2.05) is 6.92 Å². The van der Waals surface area contributed by atoms with Gasteiger partial charge in [0.05, 0.1) is 11.5 Å². The molecule has 8 heteroatoms. The number of sulfone groups is 1. The Hall–Kier alpha value is -2.38. The quantitative estimate of drug-likeness (QED) is 0.649. The van der Waals surface area contributed by atoms with Gasteiger partial charge in [-0.3, -0.25) is 0 Å². The van der Waals surface area contributed by atoms with E-state index in [4.69, 9.17) is 20.9 Å². The van der Waals surface area contributed by atoms with Crippen molar-refractivity contribution in [2.24, 2.45) is 0 Å². The van der Waals surface area contributed by atoms with E-state index in [0.29, 0.717) is 23.0 Å². The Bertz CT molecular complexity index is 951. The molecule has 0 aliphatic heterocycles. The van der Waals surface area contributed by atoms with E-state index in [1.54, 1.807) is 24.3 Å². The first-order chi connectivity index (χ1) is 12.0. The Morgan fingerprint density at radius 3 is 2.40 bits per heavy atom. The van der Waals surface area contributed by atoms with Gasteiger partial charge in [-0.25, -0.2) is 8.42 Å². The van der Waals surface area contributed by atoms with Crippen LogP contribution in [0.1, 0.15) is 12.8 Å². The van der Waals surface area contributed by atoms with Gasteiger partial charge < -0.3 is 9.26 Å². The highest BCUT2D eigenvalue weighted by atomic mass is 35.5. The van der Waals surface area contributed by atoms with Gasteiger partial charge in [0, 0.05) is 10.6 Å². The van der Waals surface area contributed by atoms with Crippen molar-refractivity contribution in [3.8, 4) is 17.1 Å². The third-order valence-electron chi connectivity index (χ3n) is 3.38. The molecule has 0 bridgehead atoms. The second-order valence-electron chi connectivity index (χ2n) is 5.18. The van der Waals surface area contributed by atoms with E-state index in [9.17, 15) is 8.42 Å². The minimum Gasteiger partial charge on any atom is -0.494 e. The highest BCUT2D eigenvalue weighted by Crippen LogP contribution is 2.22. The lowest BCUT2D eigenvalue weighted by Gasteiger charge is -2.02. The van der Waals surface area contributed by atoms with E-state index in [1.165, 1.54) is 24.3 Å². The van der Waals surface area contributed by atoms with Crippen molar-refractivity contribution in [2.75, 3.05) is 6.61 Å². The van der Waals surface area contributed by atoms with Crippen molar-refractivity contribution < 1.29 is 17.7 Å². The zero-order chi connectivity index (χ0) is 17.9. The molecule has 2 aromatic carbocycles.